The van der Waals surface area contributed by atoms with Gasteiger partial charge in [0.15, 0.2) is 11.3 Å². The number of hydrogen-bond donors (Lipinski definition) is 1. The number of thiazole rings is 1. The van der Waals surface area contributed by atoms with Gasteiger partial charge in [0.25, 0.3) is 0 Å². The lowest BCUT2D eigenvalue weighted by atomic mass is 10.1. The monoisotopic (exact) mass is 364 g/mol. The van der Waals surface area contributed by atoms with Crippen molar-refractivity contribution < 1.29 is 4.79 Å². The second-order valence-electron chi connectivity index (χ2n) is 6.07. The summed E-state index contributed by atoms with van der Waals surface area (Å²) < 4.78 is 1.94. The van der Waals surface area contributed by atoms with Crippen LogP contribution in [-0.4, -0.2) is 38.4 Å². The molecule has 0 spiro atoms. The highest BCUT2D eigenvalue weighted by atomic mass is 32.1. The van der Waals surface area contributed by atoms with Crippen molar-refractivity contribution >= 4 is 22.4 Å². The highest BCUT2D eigenvalue weighted by molar-refractivity contribution is 7.19. The van der Waals surface area contributed by atoms with E-state index in [9.17, 15) is 4.79 Å². The highest BCUT2D eigenvalue weighted by Crippen LogP contribution is 2.30. The van der Waals surface area contributed by atoms with E-state index in [1.165, 1.54) is 11.3 Å². The minimum absolute atomic E-state index is 0.0733. The molecular formula is C18H16N6OS. The van der Waals surface area contributed by atoms with Crippen molar-refractivity contribution in [3.63, 3.8) is 0 Å². The average molecular weight is 364 g/mol. The Morgan fingerprint density at radius 1 is 1.42 bits per heavy atom. The Labute approximate surface area is 154 Å². The van der Waals surface area contributed by atoms with Crippen LogP contribution >= 0.6 is 11.3 Å². The smallest absolute Gasteiger partial charge is 0.231 e. The zero-order valence-corrected chi connectivity index (χ0v) is 14.7. The second-order valence-corrected chi connectivity index (χ2v) is 7.10. The quantitative estimate of drug-likeness (QED) is 0.719. The van der Waals surface area contributed by atoms with Crippen LogP contribution in [0.15, 0.2) is 49.2 Å². The number of rotatable bonds is 4. The molecular weight excluding hydrogens is 348 g/mol. The maximum Gasteiger partial charge on any atom is 0.231 e. The first-order chi connectivity index (χ1) is 12.7. The minimum atomic E-state index is -0.161. The van der Waals surface area contributed by atoms with Crippen LogP contribution in [-0.2, 0) is 4.79 Å². The van der Waals surface area contributed by atoms with Gasteiger partial charge in [0, 0.05) is 37.4 Å². The number of nitrogens with one attached hydrogen (secondary N) is 1. The molecule has 0 bridgehead atoms. The van der Waals surface area contributed by atoms with Crippen LogP contribution in [0.2, 0.25) is 0 Å². The van der Waals surface area contributed by atoms with Gasteiger partial charge in [-0.1, -0.05) is 23.5 Å². The largest absolute Gasteiger partial charge is 0.310 e. The molecule has 1 saturated heterocycles. The summed E-state index contributed by atoms with van der Waals surface area (Å²) in [5.74, 6) is -0.234. The number of hydrogen-bond acceptors (Lipinski definition) is 6. The van der Waals surface area contributed by atoms with Crippen LogP contribution in [0.1, 0.15) is 6.42 Å². The number of likely N-dealkylation sites (tertiary alicyclic amines) is 1. The van der Waals surface area contributed by atoms with Crippen LogP contribution in [0.4, 0.5) is 5.13 Å². The third-order valence-corrected chi connectivity index (χ3v) is 5.33. The van der Waals surface area contributed by atoms with Gasteiger partial charge in [-0.3, -0.25) is 4.79 Å². The van der Waals surface area contributed by atoms with Gasteiger partial charge in [-0.2, -0.15) is 5.26 Å². The number of benzene rings is 1. The number of imidazole rings is 1. The summed E-state index contributed by atoms with van der Waals surface area (Å²) in [5.41, 5.74) is 2.05. The van der Waals surface area contributed by atoms with Gasteiger partial charge < -0.3 is 14.8 Å². The zero-order chi connectivity index (χ0) is 17.9. The number of nitrogens with zero attached hydrogens (tertiary/aromatic N) is 5. The lowest BCUT2D eigenvalue weighted by Crippen LogP contribution is -2.25. The Morgan fingerprint density at radius 3 is 3.12 bits per heavy atom. The molecule has 1 fully saturated rings. The number of aromatic nitrogens is 3. The normalized spacial score (nSPS) is 16.4. The molecule has 0 saturated carbocycles. The lowest BCUT2D eigenvalue weighted by Gasteiger charge is -2.08. The molecule has 1 aromatic carbocycles. The lowest BCUT2D eigenvalue weighted by molar-refractivity contribution is -0.119. The van der Waals surface area contributed by atoms with E-state index in [1.54, 1.807) is 23.6 Å². The molecule has 1 atom stereocenters. The van der Waals surface area contributed by atoms with Gasteiger partial charge in [-0.05, 0) is 24.1 Å². The number of nitriles is 1. The molecule has 0 aliphatic carbocycles. The van der Waals surface area contributed by atoms with E-state index in [0.717, 1.165) is 16.1 Å². The second kappa shape index (κ2) is 6.98. The average Bonchev–Trinajstić information content (AvgIpc) is 3.42. The Morgan fingerprint density at radius 2 is 2.35 bits per heavy atom. The molecule has 0 unspecified atom stereocenters. The van der Waals surface area contributed by atoms with Crippen LogP contribution in [0.3, 0.4) is 0 Å². The van der Waals surface area contributed by atoms with E-state index in [2.05, 4.69) is 27.5 Å². The number of carbonyl (C=O) groups excluding carboxylic acids is 1. The first-order valence-corrected chi connectivity index (χ1v) is 9.05. The predicted octanol–water partition coefficient (Wildman–Crippen LogP) is 2.74. The molecule has 130 valence electrons. The summed E-state index contributed by atoms with van der Waals surface area (Å²) in [6, 6.07) is 8.07. The third kappa shape index (κ3) is 3.30. The Hall–Kier alpha value is -3.18. The van der Waals surface area contributed by atoms with Gasteiger partial charge >= 0.3 is 0 Å². The Bertz CT molecular complexity index is 958. The maximum absolute atomic E-state index is 12.3. The molecule has 3 heterocycles. The molecule has 1 aliphatic rings. The fraction of sp³-hybridized carbons (Fsp3) is 0.222. The molecule has 1 amide bonds. The molecule has 8 heteroatoms. The first-order valence-electron chi connectivity index (χ1n) is 8.23. The van der Waals surface area contributed by atoms with Crippen LogP contribution in [0.5, 0.6) is 0 Å². The molecule has 3 aromatic rings. The fourth-order valence-corrected chi connectivity index (χ4v) is 3.79. The van der Waals surface area contributed by atoms with Gasteiger partial charge in [0.2, 0.25) is 5.91 Å². The highest BCUT2D eigenvalue weighted by Gasteiger charge is 2.28. The molecule has 1 aliphatic heterocycles. The minimum Gasteiger partial charge on any atom is -0.310 e. The number of carbonyl (C=O) groups is 1. The summed E-state index contributed by atoms with van der Waals surface area (Å²) in [6.07, 6.45) is 9.94. The van der Waals surface area contributed by atoms with Crippen molar-refractivity contribution in [2.24, 2.45) is 5.92 Å². The Kier molecular flexibility index (Phi) is 4.37. The molecule has 1 N–H and O–H groups in total. The van der Waals surface area contributed by atoms with E-state index >= 15 is 0 Å². The van der Waals surface area contributed by atoms with Crippen molar-refractivity contribution in [2.45, 2.75) is 6.42 Å². The zero-order valence-electron chi connectivity index (χ0n) is 13.9. The number of anilines is 1. The van der Waals surface area contributed by atoms with Crippen molar-refractivity contribution in [2.75, 3.05) is 18.4 Å². The summed E-state index contributed by atoms with van der Waals surface area (Å²) in [5, 5.41) is 12.4. The fourth-order valence-electron chi connectivity index (χ4n) is 2.97. The van der Waals surface area contributed by atoms with E-state index in [1.807, 2.05) is 29.0 Å². The van der Waals surface area contributed by atoms with Crippen molar-refractivity contribution in [1.82, 2.24) is 19.4 Å². The summed E-state index contributed by atoms with van der Waals surface area (Å²) in [4.78, 5) is 23.3. The standard InChI is InChI=1S/C18H16N6OS/c19-11-23-6-4-14(10-23)17(25)22-18-21-9-16(26-18)13-2-1-3-15(8-13)24-7-5-20-12-24/h1-3,5,7-9,12,14H,4,6,10H2,(H,21,22,25)/t14-/m0/s1. The van der Waals surface area contributed by atoms with E-state index in [4.69, 9.17) is 5.26 Å². The van der Waals surface area contributed by atoms with Gasteiger partial charge in [0.05, 0.1) is 17.1 Å². The maximum atomic E-state index is 12.3. The van der Waals surface area contributed by atoms with Crippen LogP contribution in [0, 0.1) is 17.4 Å². The SMILES string of the molecule is N#CN1CC[C@H](C(=O)Nc2ncc(-c3cccc(-n4ccnc4)c3)s2)C1. The summed E-state index contributed by atoms with van der Waals surface area (Å²) >= 11 is 1.44. The third-order valence-electron chi connectivity index (χ3n) is 4.37. The Balaban J connectivity index is 1.48. The summed E-state index contributed by atoms with van der Waals surface area (Å²) in [6.45, 7) is 1.12. The molecule has 7 nitrogen and oxygen atoms in total. The van der Waals surface area contributed by atoms with E-state index in [-0.39, 0.29) is 11.8 Å². The molecule has 2 aromatic heterocycles. The number of amides is 1. The van der Waals surface area contributed by atoms with Crippen molar-refractivity contribution in [3.8, 4) is 22.3 Å². The van der Waals surface area contributed by atoms with Crippen LogP contribution < -0.4 is 5.32 Å². The predicted molar refractivity (Wildman–Crippen MR) is 98.6 cm³/mol. The van der Waals surface area contributed by atoms with Crippen LogP contribution in [0.25, 0.3) is 16.1 Å². The van der Waals surface area contributed by atoms with Gasteiger partial charge in [-0.25, -0.2) is 9.97 Å². The molecule has 0 radical (unpaired) electrons. The van der Waals surface area contributed by atoms with Crippen molar-refractivity contribution in [3.05, 3.63) is 49.2 Å². The van der Waals surface area contributed by atoms with Gasteiger partial charge in [-0.15, -0.1) is 0 Å². The summed E-state index contributed by atoms with van der Waals surface area (Å²) in [7, 11) is 0. The van der Waals surface area contributed by atoms with E-state index < -0.39 is 0 Å². The van der Waals surface area contributed by atoms with E-state index in [0.29, 0.717) is 24.6 Å². The van der Waals surface area contributed by atoms with Crippen molar-refractivity contribution in [1.29, 1.82) is 5.26 Å². The topological polar surface area (TPSA) is 86.8 Å². The van der Waals surface area contributed by atoms with Gasteiger partial charge in [0.1, 0.15) is 0 Å². The first kappa shape index (κ1) is 16.3. The molecule has 4 rings (SSSR count). The molecule has 26 heavy (non-hydrogen) atoms.